The molecule has 30 heavy (non-hydrogen) atoms. The standard InChI is InChI=1S/C22H22F3N3O2/c1-2-18(29)26-21(22(23,24)25)20(30)28(15-9-12-16-10-5-3-6-11-16)19(27-21)17-13-7-4-8-14-17/h3-8,10-11,13-14H,2,9,12,15H2,1H3,(H,26,29)/t21-/m0/s1. The van der Waals surface area contributed by atoms with E-state index < -0.39 is 23.7 Å². The van der Waals surface area contributed by atoms with Crippen LogP contribution in [0.15, 0.2) is 65.7 Å². The summed E-state index contributed by atoms with van der Waals surface area (Å²) in [6.45, 7) is 1.46. The number of halogens is 3. The fourth-order valence-electron chi connectivity index (χ4n) is 3.29. The van der Waals surface area contributed by atoms with Crippen molar-refractivity contribution in [1.82, 2.24) is 10.2 Å². The number of hydrogen-bond donors (Lipinski definition) is 1. The molecule has 1 aliphatic rings. The van der Waals surface area contributed by atoms with Crippen LogP contribution in [-0.4, -0.2) is 40.9 Å². The number of carbonyl (C=O) groups is 2. The van der Waals surface area contributed by atoms with Gasteiger partial charge in [-0.05, 0) is 18.4 Å². The lowest BCUT2D eigenvalue weighted by Crippen LogP contribution is -2.63. The van der Waals surface area contributed by atoms with Crippen LogP contribution in [0.2, 0.25) is 0 Å². The van der Waals surface area contributed by atoms with Crippen LogP contribution in [0.4, 0.5) is 13.2 Å². The van der Waals surface area contributed by atoms with E-state index >= 15 is 0 Å². The van der Waals surface area contributed by atoms with Gasteiger partial charge in [0, 0.05) is 18.5 Å². The molecule has 0 aromatic heterocycles. The maximum absolute atomic E-state index is 14.0. The molecule has 1 N–H and O–H groups in total. The summed E-state index contributed by atoms with van der Waals surface area (Å²) in [7, 11) is 0. The van der Waals surface area contributed by atoms with Crippen molar-refractivity contribution in [3.63, 3.8) is 0 Å². The molecule has 158 valence electrons. The van der Waals surface area contributed by atoms with E-state index in [0.717, 1.165) is 10.5 Å². The molecular formula is C22H22F3N3O2. The Morgan fingerprint density at radius 3 is 2.23 bits per heavy atom. The summed E-state index contributed by atoms with van der Waals surface area (Å²) in [6.07, 6.45) is -4.25. The molecule has 1 atom stereocenters. The zero-order valence-corrected chi connectivity index (χ0v) is 16.4. The third kappa shape index (κ3) is 4.22. The molecule has 2 aromatic carbocycles. The van der Waals surface area contributed by atoms with Gasteiger partial charge in [-0.2, -0.15) is 13.2 Å². The number of nitrogens with one attached hydrogen (secondary N) is 1. The van der Waals surface area contributed by atoms with Gasteiger partial charge < -0.3 is 5.32 Å². The second-order valence-corrected chi connectivity index (χ2v) is 6.96. The van der Waals surface area contributed by atoms with Crippen molar-refractivity contribution in [3.05, 3.63) is 71.8 Å². The molecule has 0 spiro atoms. The van der Waals surface area contributed by atoms with Crippen LogP contribution in [0, 0.1) is 0 Å². The van der Waals surface area contributed by atoms with E-state index in [1.54, 1.807) is 30.3 Å². The monoisotopic (exact) mass is 417 g/mol. The van der Waals surface area contributed by atoms with Crippen molar-refractivity contribution in [2.45, 2.75) is 38.0 Å². The summed E-state index contributed by atoms with van der Waals surface area (Å²) in [5.74, 6) is -2.28. The molecular weight excluding hydrogens is 395 g/mol. The van der Waals surface area contributed by atoms with Crippen molar-refractivity contribution in [1.29, 1.82) is 0 Å². The van der Waals surface area contributed by atoms with E-state index in [2.05, 4.69) is 4.99 Å². The Kier molecular flexibility index (Phi) is 6.24. The molecule has 0 fully saturated rings. The zero-order chi connectivity index (χ0) is 21.8. The number of alkyl halides is 3. The van der Waals surface area contributed by atoms with Gasteiger partial charge in [0.05, 0.1) is 0 Å². The van der Waals surface area contributed by atoms with Crippen LogP contribution >= 0.6 is 0 Å². The number of amides is 2. The molecule has 0 saturated carbocycles. The van der Waals surface area contributed by atoms with Gasteiger partial charge in [-0.1, -0.05) is 67.6 Å². The summed E-state index contributed by atoms with van der Waals surface area (Å²) in [6, 6.07) is 17.7. The molecule has 1 aliphatic heterocycles. The predicted molar refractivity (Wildman–Crippen MR) is 107 cm³/mol. The highest BCUT2D eigenvalue weighted by Gasteiger charge is 2.66. The minimum atomic E-state index is -5.08. The van der Waals surface area contributed by atoms with E-state index in [1.807, 2.05) is 35.6 Å². The van der Waals surface area contributed by atoms with E-state index in [4.69, 9.17) is 0 Å². The second-order valence-electron chi connectivity index (χ2n) is 6.96. The average molecular weight is 417 g/mol. The van der Waals surface area contributed by atoms with Crippen LogP contribution in [-0.2, 0) is 16.0 Å². The van der Waals surface area contributed by atoms with E-state index in [9.17, 15) is 22.8 Å². The molecule has 0 saturated heterocycles. The Morgan fingerprint density at radius 1 is 1.07 bits per heavy atom. The van der Waals surface area contributed by atoms with Crippen molar-refractivity contribution in [2.24, 2.45) is 4.99 Å². The number of hydrogen-bond acceptors (Lipinski definition) is 3. The number of carbonyl (C=O) groups excluding carboxylic acids is 2. The van der Waals surface area contributed by atoms with E-state index in [-0.39, 0.29) is 18.8 Å². The van der Waals surface area contributed by atoms with Gasteiger partial charge in [0.1, 0.15) is 5.84 Å². The lowest BCUT2D eigenvalue weighted by Gasteiger charge is -2.29. The Bertz CT molecular complexity index is 930. The van der Waals surface area contributed by atoms with Crippen LogP contribution in [0.25, 0.3) is 0 Å². The predicted octanol–water partition coefficient (Wildman–Crippen LogP) is 3.69. The van der Waals surface area contributed by atoms with E-state index in [1.165, 1.54) is 6.92 Å². The third-order valence-corrected chi connectivity index (χ3v) is 4.86. The second kappa shape index (κ2) is 8.69. The maximum atomic E-state index is 14.0. The summed E-state index contributed by atoms with van der Waals surface area (Å²) < 4.78 is 42.1. The Balaban J connectivity index is 1.95. The first-order valence-electron chi connectivity index (χ1n) is 9.67. The molecule has 1 heterocycles. The lowest BCUT2D eigenvalue weighted by atomic mass is 10.1. The fourth-order valence-corrected chi connectivity index (χ4v) is 3.29. The smallest absolute Gasteiger partial charge is 0.316 e. The Morgan fingerprint density at radius 2 is 1.67 bits per heavy atom. The van der Waals surface area contributed by atoms with E-state index in [0.29, 0.717) is 18.4 Å². The number of benzene rings is 2. The van der Waals surface area contributed by atoms with Crippen molar-refractivity contribution in [2.75, 3.05) is 6.54 Å². The first kappa shape index (κ1) is 21.5. The van der Waals surface area contributed by atoms with Gasteiger partial charge in [0.2, 0.25) is 5.91 Å². The topological polar surface area (TPSA) is 61.8 Å². The van der Waals surface area contributed by atoms with Gasteiger partial charge in [-0.3, -0.25) is 14.5 Å². The largest absolute Gasteiger partial charge is 0.442 e. The molecule has 5 nitrogen and oxygen atoms in total. The first-order valence-corrected chi connectivity index (χ1v) is 9.67. The van der Waals surface area contributed by atoms with Gasteiger partial charge in [0.15, 0.2) is 0 Å². The number of aryl methyl sites for hydroxylation is 1. The zero-order valence-electron chi connectivity index (χ0n) is 16.4. The van der Waals surface area contributed by atoms with Gasteiger partial charge in [-0.25, -0.2) is 4.99 Å². The van der Waals surface area contributed by atoms with Crippen molar-refractivity contribution < 1.29 is 22.8 Å². The molecule has 8 heteroatoms. The van der Waals surface area contributed by atoms with Crippen LogP contribution in [0.1, 0.15) is 30.9 Å². The first-order chi connectivity index (χ1) is 14.3. The summed E-state index contributed by atoms with van der Waals surface area (Å²) >= 11 is 0. The Hall–Kier alpha value is -3.16. The number of rotatable bonds is 7. The molecule has 0 unspecified atom stereocenters. The third-order valence-electron chi connectivity index (χ3n) is 4.86. The van der Waals surface area contributed by atoms with Crippen molar-refractivity contribution >= 4 is 17.6 Å². The summed E-state index contributed by atoms with van der Waals surface area (Å²) in [5.41, 5.74) is -1.91. The molecule has 2 aromatic rings. The quantitative estimate of drug-likeness (QED) is 0.747. The number of nitrogens with zero attached hydrogens (tertiary/aromatic N) is 2. The van der Waals surface area contributed by atoms with Gasteiger partial charge >= 0.3 is 11.8 Å². The molecule has 3 rings (SSSR count). The molecule has 0 aliphatic carbocycles. The molecule has 0 bridgehead atoms. The molecule has 2 amide bonds. The summed E-state index contributed by atoms with van der Waals surface area (Å²) in [4.78, 5) is 29.7. The minimum Gasteiger partial charge on any atom is -0.316 e. The van der Waals surface area contributed by atoms with Crippen molar-refractivity contribution in [3.8, 4) is 0 Å². The van der Waals surface area contributed by atoms with Crippen LogP contribution in [0.3, 0.4) is 0 Å². The lowest BCUT2D eigenvalue weighted by molar-refractivity contribution is -0.200. The minimum absolute atomic E-state index is 0.0429. The SMILES string of the molecule is CCC(=O)N[C@]1(C(F)(F)F)N=C(c2ccccc2)N(CCCc2ccccc2)C1=O. The summed E-state index contributed by atoms with van der Waals surface area (Å²) in [5, 5.41) is 1.83. The highest BCUT2D eigenvalue weighted by atomic mass is 19.4. The van der Waals surface area contributed by atoms with Gasteiger partial charge in [0.25, 0.3) is 5.91 Å². The van der Waals surface area contributed by atoms with Crippen LogP contribution in [0.5, 0.6) is 0 Å². The molecule has 0 radical (unpaired) electrons. The van der Waals surface area contributed by atoms with Gasteiger partial charge in [-0.15, -0.1) is 0 Å². The Labute approximate surface area is 172 Å². The highest BCUT2D eigenvalue weighted by Crippen LogP contribution is 2.38. The maximum Gasteiger partial charge on any atom is 0.442 e. The highest BCUT2D eigenvalue weighted by molar-refractivity contribution is 6.16. The fraction of sp³-hybridized carbons (Fsp3) is 0.318. The number of aliphatic imine (C=N–C) groups is 1. The average Bonchev–Trinajstić information content (AvgIpc) is 3.02. The van der Waals surface area contributed by atoms with Crippen LogP contribution < -0.4 is 5.32 Å². The number of amidine groups is 1. The normalized spacial score (nSPS) is 19.0.